The highest BCUT2D eigenvalue weighted by atomic mass is 35.5. The Morgan fingerprint density at radius 2 is 2.16 bits per heavy atom. The maximum absolute atomic E-state index is 11.3. The van der Waals surface area contributed by atoms with Crippen molar-refractivity contribution in [2.75, 3.05) is 6.54 Å². The molecule has 0 aliphatic carbocycles. The van der Waals surface area contributed by atoms with Gasteiger partial charge in [0.15, 0.2) is 0 Å². The van der Waals surface area contributed by atoms with E-state index in [2.05, 4.69) is 4.98 Å². The minimum atomic E-state index is -0.903. The second-order valence-corrected chi connectivity index (χ2v) is 6.16. The maximum Gasteiger partial charge on any atom is 0.408 e. The highest BCUT2D eigenvalue weighted by Crippen LogP contribution is 2.38. The molecule has 19 heavy (non-hydrogen) atoms. The zero-order chi connectivity index (χ0) is 14.2. The number of rotatable bonds is 1. The molecule has 1 amide bonds. The van der Waals surface area contributed by atoms with Crippen LogP contribution in [0.4, 0.5) is 4.79 Å². The van der Waals surface area contributed by atoms with Gasteiger partial charge in [-0.05, 0) is 23.1 Å². The molecule has 1 aliphatic rings. The Morgan fingerprint density at radius 1 is 1.47 bits per heavy atom. The zero-order valence-electron chi connectivity index (χ0n) is 11.2. The van der Waals surface area contributed by atoms with E-state index in [-0.39, 0.29) is 11.5 Å². The van der Waals surface area contributed by atoms with E-state index in [9.17, 15) is 9.90 Å². The molecule has 4 nitrogen and oxygen atoms in total. The number of carbonyl (C=O) groups is 1. The third-order valence-corrected chi connectivity index (χ3v) is 3.43. The summed E-state index contributed by atoms with van der Waals surface area (Å²) in [7, 11) is 0. The van der Waals surface area contributed by atoms with Crippen molar-refractivity contribution < 1.29 is 9.90 Å². The van der Waals surface area contributed by atoms with Crippen molar-refractivity contribution in [1.82, 2.24) is 9.88 Å². The van der Waals surface area contributed by atoms with Crippen molar-refractivity contribution in [2.24, 2.45) is 5.41 Å². The molecule has 1 aliphatic heterocycles. The summed E-state index contributed by atoms with van der Waals surface area (Å²) < 4.78 is 0. The molecule has 5 heteroatoms. The van der Waals surface area contributed by atoms with Gasteiger partial charge in [-0.1, -0.05) is 38.4 Å². The number of pyridine rings is 1. The Balaban J connectivity index is 2.39. The van der Waals surface area contributed by atoms with Crippen molar-refractivity contribution in [3.05, 3.63) is 35.1 Å². The van der Waals surface area contributed by atoms with E-state index in [1.807, 2.05) is 32.9 Å². The van der Waals surface area contributed by atoms with Crippen LogP contribution in [0.5, 0.6) is 0 Å². The molecule has 1 aromatic heterocycles. The summed E-state index contributed by atoms with van der Waals surface area (Å²) in [5.41, 5.74) is 1.54. The van der Waals surface area contributed by atoms with Crippen LogP contribution in [-0.2, 0) is 0 Å². The van der Waals surface area contributed by atoms with Gasteiger partial charge in [0, 0.05) is 12.7 Å². The Kier molecular flexibility index (Phi) is 3.54. The van der Waals surface area contributed by atoms with E-state index >= 15 is 0 Å². The van der Waals surface area contributed by atoms with E-state index in [1.165, 1.54) is 4.90 Å². The van der Waals surface area contributed by atoms with E-state index in [1.54, 1.807) is 12.3 Å². The van der Waals surface area contributed by atoms with Gasteiger partial charge in [0.2, 0.25) is 0 Å². The first-order chi connectivity index (χ1) is 8.80. The van der Waals surface area contributed by atoms with Gasteiger partial charge in [0.25, 0.3) is 0 Å². The van der Waals surface area contributed by atoms with Crippen LogP contribution in [0.15, 0.2) is 24.4 Å². The largest absolute Gasteiger partial charge is 0.465 e. The third kappa shape index (κ3) is 2.73. The number of nitrogens with zero attached hydrogens (tertiary/aromatic N) is 2. The highest BCUT2D eigenvalue weighted by Gasteiger charge is 2.40. The van der Waals surface area contributed by atoms with Gasteiger partial charge in [-0.15, -0.1) is 0 Å². The topological polar surface area (TPSA) is 53.4 Å². The van der Waals surface area contributed by atoms with Crippen molar-refractivity contribution in [1.29, 1.82) is 0 Å². The summed E-state index contributed by atoms with van der Waals surface area (Å²) in [4.78, 5) is 17.1. The fourth-order valence-corrected chi connectivity index (χ4v) is 2.61. The first-order valence-corrected chi connectivity index (χ1v) is 6.50. The lowest BCUT2D eigenvalue weighted by Crippen LogP contribution is -2.44. The number of hydrogen-bond acceptors (Lipinski definition) is 2. The van der Waals surface area contributed by atoms with Crippen LogP contribution in [0.25, 0.3) is 5.57 Å². The van der Waals surface area contributed by atoms with E-state index < -0.39 is 6.09 Å². The maximum atomic E-state index is 11.3. The molecular weight excluding hydrogens is 264 g/mol. The molecule has 102 valence electrons. The van der Waals surface area contributed by atoms with E-state index in [0.717, 1.165) is 11.3 Å². The second-order valence-electron chi connectivity index (χ2n) is 5.72. The molecule has 0 bridgehead atoms. The van der Waals surface area contributed by atoms with Crippen LogP contribution in [0.2, 0.25) is 5.02 Å². The van der Waals surface area contributed by atoms with Crippen molar-refractivity contribution >= 4 is 23.3 Å². The SMILES string of the molecule is CC(C)(C)C1C(c2ccc(Cl)cn2)=CCN1C(=O)O. The van der Waals surface area contributed by atoms with Crippen molar-refractivity contribution in [2.45, 2.75) is 26.8 Å². The molecular formula is C14H17ClN2O2. The number of hydrogen-bond donors (Lipinski definition) is 1. The van der Waals surface area contributed by atoms with Crippen LogP contribution in [0.3, 0.4) is 0 Å². The summed E-state index contributed by atoms with van der Waals surface area (Å²) in [5.74, 6) is 0. The molecule has 0 aromatic carbocycles. The lowest BCUT2D eigenvalue weighted by Gasteiger charge is -2.35. The summed E-state index contributed by atoms with van der Waals surface area (Å²) in [5, 5.41) is 9.88. The standard InChI is InChI=1S/C14H17ClN2O2/c1-14(2,3)12-10(6-7-17(12)13(18)19)11-5-4-9(15)8-16-11/h4-6,8,12H,7H2,1-3H3,(H,18,19). The molecule has 2 heterocycles. The number of halogens is 1. The lowest BCUT2D eigenvalue weighted by molar-refractivity contribution is 0.118. The van der Waals surface area contributed by atoms with Crippen LogP contribution in [0.1, 0.15) is 26.5 Å². The van der Waals surface area contributed by atoms with Crippen molar-refractivity contribution in [3.8, 4) is 0 Å². The Bertz CT molecular complexity index is 517. The summed E-state index contributed by atoms with van der Waals surface area (Å²) in [6.07, 6.45) is 2.61. The van der Waals surface area contributed by atoms with Crippen LogP contribution >= 0.6 is 11.6 Å². The molecule has 0 fully saturated rings. The van der Waals surface area contributed by atoms with E-state index in [0.29, 0.717) is 11.6 Å². The predicted octanol–water partition coefficient (Wildman–Crippen LogP) is 3.53. The normalized spacial score (nSPS) is 19.5. The fraction of sp³-hybridized carbons (Fsp3) is 0.429. The highest BCUT2D eigenvalue weighted by molar-refractivity contribution is 6.30. The molecule has 0 saturated carbocycles. The zero-order valence-corrected chi connectivity index (χ0v) is 12.0. The molecule has 0 radical (unpaired) electrons. The Labute approximate surface area is 117 Å². The van der Waals surface area contributed by atoms with Gasteiger partial charge < -0.3 is 5.11 Å². The average Bonchev–Trinajstić information content (AvgIpc) is 2.74. The monoisotopic (exact) mass is 280 g/mol. The molecule has 2 rings (SSSR count). The second kappa shape index (κ2) is 4.85. The third-order valence-electron chi connectivity index (χ3n) is 3.20. The van der Waals surface area contributed by atoms with E-state index in [4.69, 9.17) is 11.6 Å². The first-order valence-electron chi connectivity index (χ1n) is 6.12. The smallest absolute Gasteiger partial charge is 0.408 e. The van der Waals surface area contributed by atoms with Crippen LogP contribution in [0, 0.1) is 5.41 Å². The predicted molar refractivity (Wildman–Crippen MR) is 75.2 cm³/mol. The van der Waals surface area contributed by atoms with Gasteiger partial charge in [-0.25, -0.2) is 4.79 Å². The van der Waals surface area contributed by atoms with Crippen molar-refractivity contribution in [3.63, 3.8) is 0 Å². The molecule has 0 saturated heterocycles. The van der Waals surface area contributed by atoms with Crippen LogP contribution < -0.4 is 0 Å². The quantitative estimate of drug-likeness (QED) is 0.856. The van der Waals surface area contributed by atoms with Gasteiger partial charge >= 0.3 is 6.09 Å². The average molecular weight is 281 g/mol. The number of amides is 1. The molecule has 1 atom stereocenters. The first kappa shape index (κ1) is 13.9. The molecule has 1 unspecified atom stereocenters. The minimum absolute atomic E-state index is 0.192. The summed E-state index contributed by atoms with van der Waals surface area (Å²) in [6, 6.07) is 3.41. The number of aromatic nitrogens is 1. The lowest BCUT2D eigenvalue weighted by atomic mass is 9.81. The minimum Gasteiger partial charge on any atom is -0.465 e. The van der Waals surface area contributed by atoms with Gasteiger partial charge in [0.05, 0.1) is 16.8 Å². The molecule has 0 spiro atoms. The summed E-state index contributed by atoms with van der Waals surface area (Å²) in [6.45, 7) is 6.49. The molecule has 1 aromatic rings. The molecule has 1 N–H and O–H groups in total. The fourth-order valence-electron chi connectivity index (χ4n) is 2.50. The Morgan fingerprint density at radius 3 is 2.63 bits per heavy atom. The van der Waals surface area contributed by atoms with Crippen LogP contribution in [-0.4, -0.2) is 33.7 Å². The Hall–Kier alpha value is -1.55. The van der Waals surface area contributed by atoms with Gasteiger partial charge in [-0.3, -0.25) is 9.88 Å². The van der Waals surface area contributed by atoms with Gasteiger partial charge in [0.1, 0.15) is 0 Å². The number of carboxylic acid groups (broad SMARTS) is 1. The summed E-state index contributed by atoms with van der Waals surface area (Å²) >= 11 is 5.84. The van der Waals surface area contributed by atoms with Gasteiger partial charge in [-0.2, -0.15) is 0 Å².